The van der Waals surface area contributed by atoms with Crippen molar-refractivity contribution in [3.63, 3.8) is 0 Å². The SMILES string of the molecule is O=C(O)c1cccc(Sc2cnnc3ccccc23)c1. The Balaban J connectivity index is 2.01. The van der Waals surface area contributed by atoms with Crippen molar-refractivity contribution < 1.29 is 9.90 Å². The van der Waals surface area contributed by atoms with Crippen molar-refractivity contribution in [2.75, 3.05) is 0 Å². The number of aromatic carboxylic acids is 1. The van der Waals surface area contributed by atoms with E-state index in [-0.39, 0.29) is 5.56 Å². The van der Waals surface area contributed by atoms with Gasteiger partial charge in [-0.2, -0.15) is 10.2 Å². The van der Waals surface area contributed by atoms with Gasteiger partial charge in [-0.05, 0) is 24.3 Å². The molecule has 20 heavy (non-hydrogen) atoms. The van der Waals surface area contributed by atoms with Gasteiger partial charge in [0.15, 0.2) is 0 Å². The van der Waals surface area contributed by atoms with E-state index in [9.17, 15) is 4.79 Å². The number of hydrogen-bond donors (Lipinski definition) is 1. The summed E-state index contributed by atoms with van der Waals surface area (Å²) in [5, 5.41) is 18.1. The Morgan fingerprint density at radius 1 is 1.10 bits per heavy atom. The predicted octanol–water partition coefficient (Wildman–Crippen LogP) is 3.48. The van der Waals surface area contributed by atoms with Crippen LogP contribution in [0.2, 0.25) is 0 Å². The zero-order valence-electron chi connectivity index (χ0n) is 10.4. The molecule has 1 aromatic heterocycles. The van der Waals surface area contributed by atoms with Gasteiger partial charge in [-0.3, -0.25) is 0 Å². The molecule has 1 N–H and O–H groups in total. The molecule has 0 spiro atoms. The molecule has 0 saturated carbocycles. The molecule has 0 fully saturated rings. The Labute approximate surface area is 119 Å². The monoisotopic (exact) mass is 282 g/mol. The lowest BCUT2D eigenvalue weighted by atomic mass is 10.2. The van der Waals surface area contributed by atoms with Crippen LogP contribution in [0.4, 0.5) is 0 Å². The third-order valence-corrected chi connectivity index (χ3v) is 3.85. The number of carboxylic acids is 1. The largest absolute Gasteiger partial charge is 0.478 e. The molecule has 2 aromatic carbocycles. The Hall–Kier alpha value is -2.40. The molecule has 0 bridgehead atoms. The third kappa shape index (κ3) is 2.48. The van der Waals surface area contributed by atoms with E-state index >= 15 is 0 Å². The summed E-state index contributed by atoms with van der Waals surface area (Å²) in [6.07, 6.45) is 1.69. The molecule has 98 valence electrons. The molecule has 3 aromatic rings. The quantitative estimate of drug-likeness (QED) is 0.796. The maximum atomic E-state index is 11.0. The van der Waals surface area contributed by atoms with Gasteiger partial charge in [-0.25, -0.2) is 4.79 Å². The first-order valence-corrected chi connectivity index (χ1v) is 6.77. The molecular formula is C15H10N2O2S. The van der Waals surface area contributed by atoms with Gasteiger partial charge >= 0.3 is 5.97 Å². The van der Waals surface area contributed by atoms with E-state index in [1.807, 2.05) is 30.3 Å². The van der Waals surface area contributed by atoms with Gasteiger partial charge in [0.25, 0.3) is 0 Å². The minimum atomic E-state index is -0.926. The second-order valence-electron chi connectivity index (χ2n) is 4.16. The summed E-state index contributed by atoms with van der Waals surface area (Å²) in [4.78, 5) is 12.8. The number of nitrogens with zero attached hydrogens (tertiary/aromatic N) is 2. The van der Waals surface area contributed by atoms with Crippen LogP contribution in [0.15, 0.2) is 64.5 Å². The lowest BCUT2D eigenvalue weighted by Crippen LogP contribution is -1.95. The van der Waals surface area contributed by atoms with Crippen molar-refractivity contribution in [1.29, 1.82) is 0 Å². The van der Waals surface area contributed by atoms with E-state index in [1.54, 1.807) is 24.4 Å². The maximum absolute atomic E-state index is 11.0. The van der Waals surface area contributed by atoms with Gasteiger partial charge in [-0.1, -0.05) is 36.0 Å². The molecule has 0 aliphatic carbocycles. The van der Waals surface area contributed by atoms with Gasteiger partial charge in [0, 0.05) is 15.2 Å². The Kier molecular flexibility index (Phi) is 3.35. The maximum Gasteiger partial charge on any atom is 0.335 e. The Bertz CT molecular complexity index is 784. The smallest absolute Gasteiger partial charge is 0.335 e. The zero-order valence-corrected chi connectivity index (χ0v) is 11.2. The minimum Gasteiger partial charge on any atom is -0.478 e. The average molecular weight is 282 g/mol. The summed E-state index contributed by atoms with van der Waals surface area (Å²) < 4.78 is 0. The van der Waals surface area contributed by atoms with Crippen LogP contribution in [0.1, 0.15) is 10.4 Å². The molecule has 1 heterocycles. The van der Waals surface area contributed by atoms with Gasteiger partial charge in [0.05, 0.1) is 17.3 Å². The second-order valence-corrected chi connectivity index (χ2v) is 5.28. The highest BCUT2D eigenvalue weighted by atomic mass is 32.2. The number of carboxylic acid groups (broad SMARTS) is 1. The molecule has 0 aliphatic rings. The zero-order chi connectivity index (χ0) is 13.9. The summed E-state index contributed by atoms with van der Waals surface area (Å²) in [6.45, 7) is 0. The van der Waals surface area contributed by atoms with E-state index in [0.717, 1.165) is 20.7 Å². The van der Waals surface area contributed by atoms with Crippen molar-refractivity contribution >= 4 is 28.6 Å². The topological polar surface area (TPSA) is 63.1 Å². The summed E-state index contributed by atoms with van der Waals surface area (Å²) in [5.41, 5.74) is 1.10. The van der Waals surface area contributed by atoms with Crippen LogP contribution in [0, 0.1) is 0 Å². The Morgan fingerprint density at radius 2 is 1.95 bits per heavy atom. The normalized spacial score (nSPS) is 10.6. The van der Waals surface area contributed by atoms with Crippen molar-refractivity contribution in [2.24, 2.45) is 0 Å². The molecule has 0 radical (unpaired) electrons. The second kappa shape index (κ2) is 5.30. The van der Waals surface area contributed by atoms with Crippen LogP contribution in [-0.4, -0.2) is 21.3 Å². The summed E-state index contributed by atoms with van der Waals surface area (Å²) in [5.74, 6) is -0.926. The molecule has 0 unspecified atom stereocenters. The molecule has 0 saturated heterocycles. The van der Waals surface area contributed by atoms with Crippen LogP contribution in [0.5, 0.6) is 0 Å². The number of hydrogen-bond acceptors (Lipinski definition) is 4. The third-order valence-electron chi connectivity index (χ3n) is 2.82. The fourth-order valence-electron chi connectivity index (χ4n) is 1.88. The number of benzene rings is 2. The number of carbonyl (C=O) groups is 1. The van der Waals surface area contributed by atoms with Gasteiger partial charge in [0.1, 0.15) is 0 Å². The van der Waals surface area contributed by atoms with Crippen molar-refractivity contribution in [3.8, 4) is 0 Å². The van der Waals surface area contributed by atoms with E-state index < -0.39 is 5.97 Å². The molecule has 4 nitrogen and oxygen atoms in total. The van der Waals surface area contributed by atoms with E-state index in [0.29, 0.717) is 0 Å². The van der Waals surface area contributed by atoms with E-state index in [1.165, 1.54) is 11.8 Å². The molecule has 0 amide bonds. The van der Waals surface area contributed by atoms with Gasteiger partial charge in [0.2, 0.25) is 0 Å². The first kappa shape index (κ1) is 12.6. The predicted molar refractivity (Wildman–Crippen MR) is 77.1 cm³/mol. The highest BCUT2D eigenvalue weighted by molar-refractivity contribution is 7.99. The molecule has 0 aliphatic heterocycles. The molecule has 3 rings (SSSR count). The first-order chi connectivity index (χ1) is 9.74. The summed E-state index contributed by atoms with van der Waals surface area (Å²) >= 11 is 1.48. The highest BCUT2D eigenvalue weighted by Crippen LogP contribution is 2.32. The average Bonchev–Trinajstić information content (AvgIpc) is 2.48. The summed E-state index contributed by atoms with van der Waals surface area (Å²) in [7, 11) is 0. The molecule has 0 atom stereocenters. The van der Waals surface area contributed by atoms with Crippen LogP contribution < -0.4 is 0 Å². The minimum absolute atomic E-state index is 0.279. The van der Waals surface area contributed by atoms with Crippen LogP contribution in [-0.2, 0) is 0 Å². The Morgan fingerprint density at radius 3 is 2.80 bits per heavy atom. The fourth-order valence-corrected chi connectivity index (χ4v) is 2.85. The van der Waals surface area contributed by atoms with Crippen molar-refractivity contribution in [3.05, 3.63) is 60.3 Å². The number of rotatable bonds is 3. The highest BCUT2D eigenvalue weighted by Gasteiger charge is 2.07. The van der Waals surface area contributed by atoms with E-state index in [2.05, 4.69) is 10.2 Å². The lowest BCUT2D eigenvalue weighted by Gasteiger charge is -2.05. The van der Waals surface area contributed by atoms with Crippen LogP contribution >= 0.6 is 11.8 Å². The first-order valence-electron chi connectivity index (χ1n) is 5.96. The number of fused-ring (bicyclic) bond motifs is 1. The molecule has 5 heteroatoms. The standard InChI is InChI=1S/C15H10N2O2S/c18-15(19)10-4-3-5-11(8-10)20-14-9-16-17-13-7-2-1-6-12(13)14/h1-9H,(H,18,19). The van der Waals surface area contributed by atoms with Crippen molar-refractivity contribution in [1.82, 2.24) is 10.2 Å². The van der Waals surface area contributed by atoms with E-state index in [4.69, 9.17) is 5.11 Å². The lowest BCUT2D eigenvalue weighted by molar-refractivity contribution is 0.0696. The van der Waals surface area contributed by atoms with Crippen LogP contribution in [0.25, 0.3) is 10.9 Å². The van der Waals surface area contributed by atoms with Gasteiger partial charge in [-0.15, -0.1) is 0 Å². The molecular weight excluding hydrogens is 272 g/mol. The van der Waals surface area contributed by atoms with Gasteiger partial charge < -0.3 is 5.11 Å². The fraction of sp³-hybridized carbons (Fsp3) is 0. The number of aromatic nitrogens is 2. The van der Waals surface area contributed by atoms with Crippen LogP contribution in [0.3, 0.4) is 0 Å². The summed E-state index contributed by atoms with van der Waals surface area (Å²) in [6, 6.07) is 14.6. The van der Waals surface area contributed by atoms with Crippen molar-refractivity contribution in [2.45, 2.75) is 9.79 Å².